The first kappa shape index (κ1) is 21.8. The highest BCUT2D eigenvalue weighted by Gasteiger charge is 2.14. The fourth-order valence-corrected chi connectivity index (χ4v) is 2.91. The minimum Gasteiger partial charge on any atom is -0.490 e. The maximum Gasteiger partial charge on any atom is 0.255 e. The average Bonchev–Trinajstić information content (AvgIpc) is 2.75. The lowest BCUT2D eigenvalue weighted by atomic mass is 10.1. The fraction of sp³-hybridized carbons (Fsp3) is 0.208. The van der Waals surface area contributed by atoms with Crippen LogP contribution in [0.4, 0.5) is 11.4 Å². The molecule has 2 N–H and O–H groups in total. The van der Waals surface area contributed by atoms with E-state index in [9.17, 15) is 9.59 Å². The zero-order valence-electron chi connectivity index (χ0n) is 17.8. The number of nitrogens with zero attached hydrogens (tertiary/aromatic N) is 1. The quantitative estimate of drug-likeness (QED) is 0.558. The van der Waals surface area contributed by atoms with Crippen molar-refractivity contribution in [3.63, 3.8) is 0 Å². The van der Waals surface area contributed by atoms with Crippen molar-refractivity contribution in [3.05, 3.63) is 77.6 Å². The number of hydrogen-bond donors (Lipinski definition) is 2. The van der Waals surface area contributed by atoms with Crippen LogP contribution in [0, 0.1) is 6.92 Å². The number of ether oxygens (including phenoxy) is 2. The highest BCUT2D eigenvalue weighted by atomic mass is 16.5. The van der Waals surface area contributed by atoms with Gasteiger partial charge in [-0.15, -0.1) is 0 Å². The number of hydrogen-bond acceptors (Lipinski definition) is 5. The van der Waals surface area contributed by atoms with Crippen molar-refractivity contribution in [2.75, 3.05) is 17.2 Å². The van der Waals surface area contributed by atoms with E-state index >= 15 is 0 Å². The van der Waals surface area contributed by atoms with Gasteiger partial charge in [0.25, 0.3) is 5.91 Å². The zero-order valence-corrected chi connectivity index (χ0v) is 17.8. The molecule has 0 radical (unpaired) electrons. The van der Waals surface area contributed by atoms with Crippen molar-refractivity contribution in [2.45, 2.75) is 27.4 Å². The Morgan fingerprint density at radius 3 is 2.55 bits per heavy atom. The monoisotopic (exact) mass is 419 g/mol. The van der Waals surface area contributed by atoms with E-state index in [1.165, 1.54) is 6.92 Å². The summed E-state index contributed by atoms with van der Waals surface area (Å²) in [5.74, 6) is 0.570. The largest absolute Gasteiger partial charge is 0.490 e. The van der Waals surface area contributed by atoms with Crippen LogP contribution >= 0.6 is 0 Å². The lowest BCUT2D eigenvalue weighted by molar-refractivity contribution is -0.114. The van der Waals surface area contributed by atoms with Gasteiger partial charge in [0.1, 0.15) is 6.61 Å². The molecule has 0 spiro atoms. The molecule has 2 amide bonds. The minimum absolute atomic E-state index is 0.177. The van der Waals surface area contributed by atoms with E-state index in [0.717, 1.165) is 11.1 Å². The number of rotatable bonds is 8. The Bertz CT molecular complexity index is 1070. The van der Waals surface area contributed by atoms with E-state index in [4.69, 9.17) is 9.47 Å². The van der Waals surface area contributed by atoms with Gasteiger partial charge >= 0.3 is 0 Å². The second kappa shape index (κ2) is 10.2. The number of amides is 2. The topological polar surface area (TPSA) is 89.6 Å². The molecule has 7 nitrogen and oxygen atoms in total. The normalized spacial score (nSPS) is 10.3. The Hall–Kier alpha value is -3.87. The van der Waals surface area contributed by atoms with E-state index in [-0.39, 0.29) is 11.8 Å². The summed E-state index contributed by atoms with van der Waals surface area (Å²) in [4.78, 5) is 28.2. The lowest BCUT2D eigenvalue weighted by Crippen LogP contribution is -2.14. The molecule has 0 saturated heterocycles. The Kier molecular flexibility index (Phi) is 7.22. The van der Waals surface area contributed by atoms with Gasteiger partial charge in [0.15, 0.2) is 11.5 Å². The Morgan fingerprint density at radius 2 is 1.84 bits per heavy atom. The highest BCUT2D eigenvalue weighted by Crippen LogP contribution is 2.30. The number of anilines is 2. The molecule has 0 aliphatic rings. The predicted molar refractivity (Wildman–Crippen MR) is 120 cm³/mol. The highest BCUT2D eigenvalue weighted by molar-refractivity contribution is 6.05. The van der Waals surface area contributed by atoms with E-state index in [2.05, 4.69) is 15.6 Å². The molecule has 0 saturated carbocycles. The molecule has 7 heteroatoms. The molecule has 3 aromatic rings. The van der Waals surface area contributed by atoms with Gasteiger partial charge in [-0.25, -0.2) is 0 Å². The van der Waals surface area contributed by atoms with Crippen molar-refractivity contribution in [1.82, 2.24) is 4.98 Å². The van der Waals surface area contributed by atoms with Crippen LogP contribution in [0.5, 0.6) is 11.5 Å². The molecular weight excluding hydrogens is 394 g/mol. The van der Waals surface area contributed by atoms with Crippen molar-refractivity contribution in [3.8, 4) is 11.5 Å². The molecule has 0 bridgehead atoms. The summed E-state index contributed by atoms with van der Waals surface area (Å²) >= 11 is 0. The first-order valence-corrected chi connectivity index (χ1v) is 9.94. The molecule has 3 rings (SSSR count). The molecule has 2 aromatic carbocycles. The molecule has 1 aromatic heterocycles. The summed E-state index contributed by atoms with van der Waals surface area (Å²) in [5, 5.41) is 5.61. The molecule has 0 aliphatic carbocycles. The van der Waals surface area contributed by atoms with Crippen LogP contribution in [-0.4, -0.2) is 23.4 Å². The number of aromatic nitrogens is 1. The number of pyridine rings is 1. The number of benzene rings is 2. The van der Waals surface area contributed by atoms with Crippen molar-refractivity contribution in [2.24, 2.45) is 0 Å². The minimum atomic E-state index is -0.289. The van der Waals surface area contributed by atoms with Gasteiger partial charge in [-0.3, -0.25) is 14.6 Å². The maximum atomic E-state index is 12.8. The summed E-state index contributed by atoms with van der Waals surface area (Å²) in [5.41, 5.74) is 3.47. The summed E-state index contributed by atoms with van der Waals surface area (Å²) in [6.07, 6.45) is 3.44. The molecule has 31 heavy (non-hydrogen) atoms. The first-order chi connectivity index (χ1) is 15.0. The van der Waals surface area contributed by atoms with Gasteiger partial charge in [0.2, 0.25) is 5.91 Å². The number of nitrogens with one attached hydrogen (secondary N) is 2. The van der Waals surface area contributed by atoms with E-state index < -0.39 is 0 Å². The van der Waals surface area contributed by atoms with Gasteiger partial charge in [0, 0.05) is 41.8 Å². The lowest BCUT2D eigenvalue weighted by Gasteiger charge is -2.14. The van der Waals surface area contributed by atoms with Crippen molar-refractivity contribution < 1.29 is 19.1 Å². The Morgan fingerprint density at radius 1 is 1.00 bits per heavy atom. The van der Waals surface area contributed by atoms with E-state index in [0.29, 0.717) is 41.7 Å². The van der Waals surface area contributed by atoms with Crippen molar-refractivity contribution in [1.29, 1.82) is 0 Å². The average molecular weight is 419 g/mol. The first-order valence-electron chi connectivity index (χ1n) is 9.94. The van der Waals surface area contributed by atoms with Gasteiger partial charge in [-0.1, -0.05) is 12.1 Å². The molecular formula is C24H25N3O4. The summed E-state index contributed by atoms with van der Waals surface area (Å²) in [6, 6.07) is 14.2. The van der Waals surface area contributed by atoms with Gasteiger partial charge in [0.05, 0.1) is 6.61 Å². The summed E-state index contributed by atoms with van der Waals surface area (Å²) < 4.78 is 11.5. The summed E-state index contributed by atoms with van der Waals surface area (Å²) in [7, 11) is 0. The number of aryl methyl sites for hydroxylation is 1. The van der Waals surface area contributed by atoms with Crippen LogP contribution < -0.4 is 20.1 Å². The van der Waals surface area contributed by atoms with Crippen LogP contribution in [0.25, 0.3) is 0 Å². The van der Waals surface area contributed by atoms with Crippen molar-refractivity contribution >= 4 is 23.2 Å². The smallest absolute Gasteiger partial charge is 0.255 e. The third-order valence-corrected chi connectivity index (χ3v) is 4.43. The van der Waals surface area contributed by atoms with Crippen LogP contribution in [-0.2, 0) is 11.4 Å². The van der Waals surface area contributed by atoms with Gasteiger partial charge in [-0.05, 0) is 55.8 Å². The Labute approximate surface area is 181 Å². The van der Waals surface area contributed by atoms with E-state index in [1.54, 1.807) is 42.7 Å². The molecule has 0 aliphatic heterocycles. The maximum absolute atomic E-state index is 12.8. The van der Waals surface area contributed by atoms with Gasteiger partial charge in [-0.2, -0.15) is 0 Å². The second-order valence-corrected chi connectivity index (χ2v) is 6.91. The zero-order chi connectivity index (χ0) is 22.2. The number of carbonyl (C=O) groups excluding carboxylic acids is 2. The fourth-order valence-electron chi connectivity index (χ4n) is 2.91. The standard InChI is InChI=1S/C24H25N3O4/c1-4-30-23-12-19(8-10-22(23)31-15-18-6-5-11-25-14-18)24(29)27-21-13-20(26-17(3)28)9-7-16(21)2/h5-14H,4,15H2,1-3H3,(H,26,28)(H,27,29). The molecule has 0 atom stereocenters. The van der Waals surface area contributed by atoms with E-state index in [1.807, 2.05) is 32.0 Å². The van der Waals surface area contributed by atoms with Crippen LogP contribution in [0.3, 0.4) is 0 Å². The number of carbonyl (C=O) groups is 2. The molecule has 1 heterocycles. The third kappa shape index (κ3) is 6.05. The second-order valence-electron chi connectivity index (χ2n) is 6.91. The molecule has 160 valence electrons. The van der Waals surface area contributed by atoms with Crippen LogP contribution in [0.1, 0.15) is 35.3 Å². The molecule has 0 unspecified atom stereocenters. The van der Waals surface area contributed by atoms with Gasteiger partial charge < -0.3 is 20.1 Å². The third-order valence-electron chi connectivity index (χ3n) is 4.43. The van der Waals surface area contributed by atoms with Crippen LogP contribution in [0.15, 0.2) is 60.9 Å². The predicted octanol–water partition coefficient (Wildman–Crippen LogP) is 4.58. The van der Waals surface area contributed by atoms with Crippen LogP contribution in [0.2, 0.25) is 0 Å². The molecule has 0 fully saturated rings. The SMILES string of the molecule is CCOc1cc(C(=O)Nc2cc(NC(C)=O)ccc2C)ccc1OCc1cccnc1. The summed E-state index contributed by atoms with van der Waals surface area (Å²) in [6.45, 7) is 5.97. The Balaban J connectivity index is 1.76.